The first-order chi connectivity index (χ1) is 14.9. The summed E-state index contributed by atoms with van der Waals surface area (Å²) >= 11 is 6.16. The lowest BCUT2D eigenvalue weighted by atomic mass is 9.58. The highest BCUT2D eigenvalue weighted by Gasteiger charge is 2.69. The molecule has 0 amide bonds. The molecule has 31 heavy (non-hydrogen) atoms. The van der Waals surface area contributed by atoms with Crippen LogP contribution in [0.15, 0.2) is 30.5 Å². The molecule has 2 aromatic rings. The summed E-state index contributed by atoms with van der Waals surface area (Å²) in [4.78, 5) is 12.1. The third-order valence-electron chi connectivity index (χ3n) is 8.01. The molecule has 0 radical (unpaired) electrons. The summed E-state index contributed by atoms with van der Waals surface area (Å²) in [5.74, 6) is 0.520. The Morgan fingerprint density at radius 1 is 1.13 bits per heavy atom. The topological polar surface area (TPSA) is 67.6 Å². The molecule has 166 valence electrons. The quantitative estimate of drug-likeness (QED) is 0.607. The highest BCUT2D eigenvalue weighted by atomic mass is 35.5. The van der Waals surface area contributed by atoms with Crippen LogP contribution in [0.25, 0.3) is 11.3 Å². The number of fused-ring (bicyclic) bond motifs is 2. The van der Waals surface area contributed by atoms with Crippen molar-refractivity contribution in [2.75, 3.05) is 0 Å². The van der Waals surface area contributed by atoms with Crippen LogP contribution in [-0.4, -0.2) is 32.7 Å². The number of rotatable bonds is 2. The number of nitrogens with zero attached hydrogens (tertiary/aromatic N) is 3. The molecule has 5 fully saturated rings. The first-order valence-corrected chi connectivity index (χ1v) is 11.7. The van der Waals surface area contributed by atoms with Crippen molar-refractivity contribution in [3.8, 4) is 11.3 Å². The van der Waals surface area contributed by atoms with Crippen LogP contribution >= 0.6 is 11.6 Å². The Hall–Kier alpha value is -1.51. The lowest BCUT2D eigenvalue weighted by Gasteiger charge is -2.60. The monoisotopic (exact) mass is 445 g/mol. The zero-order chi connectivity index (χ0) is 21.4. The lowest BCUT2D eigenvalue weighted by Crippen LogP contribution is -2.69. The summed E-state index contributed by atoms with van der Waals surface area (Å²) in [7, 11) is 0. The van der Waals surface area contributed by atoms with Gasteiger partial charge in [0.15, 0.2) is 18.1 Å². The average molecular weight is 446 g/mol. The molecule has 7 nitrogen and oxygen atoms in total. The van der Waals surface area contributed by atoms with Crippen LogP contribution in [-0.2, 0) is 19.2 Å². The number of benzene rings is 1. The Kier molecular flexibility index (Phi) is 4.54. The Labute approximate surface area is 186 Å². The van der Waals surface area contributed by atoms with E-state index in [1.54, 1.807) is 0 Å². The van der Waals surface area contributed by atoms with Gasteiger partial charge >= 0.3 is 0 Å². The smallest absolute Gasteiger partial charge is 0.201 e. The van der Waals surface area contributed by atoms with Gasteiger partial charge < -0.3 is 9.47 Å². The van der Waals surface area contributed by atoms with Gasteiger partial charge in [-0.15, -0.1) is 5.10 Å². The van der Waals surface area contributed by atoms with Gasteiger partial charge in [-0.3, -0.25) is 0 Å². The van der Waals surface area contributed by atoms with Crippen LogP contribution < -0.4 is 0 Å². The van der Waals surface area contributed by atoms with Crippen LogP contribution in [0.4, 0.5) is 0 Å². The van der Waals surface area contributed by atoms with Gasteiger partial charge in [-0.2, -0.15) is 0 Å². The second-order valence-electron chi connectivity index (χ2n) is 9.89. The maximum Gasteiger partial charge on any atom is 0.201 e. The standard InChI is InChI=1S/C23H28ClN3O4/c1-13-7-8-18-14(2)20(27-12-19(25-26-27)15-5-4-6-16(24)11-15)28-21-23(18)17(13)9-10-22(3,29-21)30-31-23/h4-6,11-14,17-18,20-21H,7-10H2,1-3H3/t13-,14-,17+,18+,20+,21-,22+,23-/m1/s1. The molecule has 1 aliphatic carbocycles. The third kappa shape index (κ3) is 2.94. The summed E-state index contributed by atoms with van der Waals surface area (Å²) in [6, 6.07) is 7.63. The normalized spacial score (nSPS) is 44.0. The van der Waals surface area contributed by atoms with Crippen molar-refractivity contribution in [3.63, 3.8) is 0 Å². The molecule has 4 saturated heterocycles. The van der Waals surface area contributed by atoms with Gasteiger partial charge in [-0.25, -0.2) is 14.5 Å². The summed E-state index contributed by atoms with van der Waals surface area (Å²) < 4.78 is 14.9. The van der Waals surface area contributed by atoms with Gasteiger partial charge in [-0.1, -0.05) is 42.8 Å². The van der Waals surface area contributed by atoms with Crippen molar-refractivity contribution in [3.05, 3.63) is 35.5 Å². The number of hydrogen-bond donors (Lipinski definition) is 0. The van der Waals surface area contributed by atoms with E-state index < -0.39 is 17.7 Å². The first-order valence-electron chi connectivity index (χ1n) is 11.3. The fraction of sp³-hybridized carbons (Fsp3) is 0.652. The number of hydrogen-bond acceptors (Lipinski definition) is 6. The summed E-state index contributed by atoms with van der Waals surface area (Å²) in [5.41, 5.74) is 1.13. The first kappa shape index (κ1) is 20.1. The van der Waals surface area contributed by atoms with E-state index in [0.717, 1.165) is 30.5 Å². The molecule has 5 heterocycles. The Morgan fingerprint density at radius 2 is 2.00 bits per heavy atom. The van der Waals surface area contributed by atoms with E-state index in [1.807, 2.05) is 42.1 Å². The molecule has 8 atom stereocenters. The molecule has 0 unspecified atom stereocenters. The van der Waals surface area contributed by atoms with Gasteiger partial charge in [0.25, 0.3) is 0 Å². The van der Waals surface area contributed by atoms with Crippen molar-refractivity contribution >= 4 is 11.6 Å². The molecule has 1 aromatic heterocycles. The average Bonchev–Trinajstić information content (AvgIpc) is 3.13. The van der Waals surface area contributed by atoms with Crippen LogP contribution in [0.3, 0.4) is 0 Å². The Morgan fingerprint density at radius 3 is 2.84 bits per heavy atom. The largest absolute Gasteiger partial charge is 0.324 e. The maximum atomic E-state index is 6.62. The maximum absolute atomic E-state index is 6.62. The highest BCUT2D eigenvalue weighted by molar-refractivity contribution is 6.30. The SMILES string of the molecule is C[C@H]1[C@@H](n2cc(-c3cccc(Cl)c3)nn2)O[C@@H]2O[C@]3(C)CC[C@H]4[C@H](C)CC[C@@H]1[C@@]24OO3. The second-order valence-corrected chi connectivity index (χ2v) is 10.3. The Bertz CT molecular complexity index is 1000. The van der Waals surface area contributed by atoms with Gasteiger partial charge in [0.1, 0.15) is 5.69 Å². The molecule has 1 saturated carbocycles. The molecule has 7 rings (SSSR count). The minimum Gasteiger partial charge on any atom is -0.324 e. The second kappa shape index (κ2) is 6.99. The predicted molar refractivity (Wildman–Crippen MR) is 113 cm³/mol. The summed E-state index contributed by atoms with van der Waals surface area (Å²) in [5, 5.41) is 9.49. The molecule has 2 bridgehead atoms. The molecule has 0 N–H and O–H groups in total. The zero-order valence-corrected chi connectivity index (χ0v) is 18.8. The Balaban J connectivity index is 1.37. The third-order valence-corrected chi connectivity index (χ3v) is 8.25. The van der Waals surface area contributed by atoms with Gasteiger partial charge in [0, 0.05) is 28.8 Å². The molecule has 1 aromatic carbocycles. The van der Waals surface area contributed by atoms with Crippen LogP contribution in [0, 0.1) is 23.7 Å². The minimum absolute atomic E-state index is 0.162. The summed E-state index contributed by atoms with van der Waals surface area (Å²) in [6.45, 7) is 6.48. The van der Waals surface area contributed by atoms with E-state index >= 15 is 0 Å². The van der Waals surface area contributed by atoms with E-state index in [9.17, 15) is 0 Å². The highest BCUT2D eigenvalue weighted by Crippen LogP contribution is 2.61. The number of aromatic nitrogens is 3. The molecule has 4 aliphatic heterocycles. The van der Waals surface area contributed by atoms with Crippen LogP contribution in [0.5, 0.6) is 0 Å². The molecule has 5 aliphatic rings. The van der Waals surface area contributed by atoms with Crippen LogP contribution in [0.1, 0.15) is 52.7 Å². The molecular formula is C23H28ClN3O4. The van der Waals surface area contributed by atoms with E-state index in [2.05, 4.69) is 24.2 Å². The fourth-order valence-electron chi connectivity index (χ4n) is 6.37. The van der Waals surface area contributed by atoms with Crippen molar-refractivity contribution in [1.29, 1.82) is 0 Å². The zero-order valence-electron chi connectivity index (χ0n) is 18.0. The van der Waals surface area contributed by atoms with E-state index in [-0.39, 0.29) is 18.1 Å². The van der Waals surface area contributed by atoms with Crippen molar-refractivity contribution in [2.45, 2.75) is 70.4 Å². The van der Waals surface area contributed by atoms with Crippen molar-refractivity contribution < 1.29 is 19.2 Å². The van der Waals surface area contributed by atoms with E-state index in [1.165, 1.54) is 6.42 Å². The van der Waals surface area contributed by atoms with Gasteiger partial charge in [0.2, 0.25) is 5.79 Å². The molecule has 1 spiro atoms. The van der Waals surface area contributed by atoms with Crippen molar-refractivity contribution in [1.82, 2.24) is 15.0 Å². The lowest BCUT2D eigenvalue weighted by molar-refractivity contribution is -0.574. The number of ether oxygens (including phenoxy) is 2. The van der Waals surface area contributed by atoms with Crippen molar-refractivity contribution in [2.24, 2.45) is 23.7 Å². The minimum atomic E-state index is -0.781. The summed E-state index contributed by atoms with van der Waals surface area (Å²) in [6.07, 6.45) is 5.20. The molecule has 8 heteroatoms. The number of halogens is 1. The van der Waals surface area contributed by atoms with Gasteiger partial charge in [0.05, 0.1) is 6.20 Å². The fourth-order valence-corrected chi connectivity index (χ4v) is 6.56. The predicted octanol–water partition coefficient (Wildman–Crippen LogP) is 4.98. The van der Waals surface area contributed by atoms with Crippen LogP contribution in [0.2, 0.25) is 5.02 Å². The molecular weight excluding hydrogens is 418 g/mol. The van der Waals surface area contributed by atoms with E-state index in [0.29, 0.717) is 16.9 Å². The van der Waals surface area contributed by atoms with Gasteiger partial charge in [-0.05, 0) is 50.2 Å². The van der Waals surface area contributed by atoms with E-state index in [4.69, 9.17) is 30.8 Å².